The molecule has 0 atom stereocenters. The van der Waals surface area contributed by atoms with Crippen molar-refractivity contribution in [2.75, 3.05) is 0 Å². The van der Waals surface area contributed by atoms with E-state index in [0.717, 1.165) is 6.20 Å². The van der Waals surface area contributed by atoms with Gasteiger partial charge >= 0.3 is 18.2 Å². The highest BCUT2D eigenvalue weighted by Crippen LogP contribution is 2.33. The third kappa shape index (κ3) is 3.59. The lowest BCUT2D eigenvalue weighted by molar-refractivity contribution is -0.159. The van der Waals surface area contributed by atoms with Gasteiger partial charge in [0, 0.05) is 17.3 Å². The molecule has 3 rings (SSSR count). The number of carbonyl (C=O) groups excluding carboxylic acids is 1. The number of nitrogens with zero attached hydrogens (tertiary/aromatic N) is 3. The van der Waals surface area contributed by atoms with Gasteiger partial charge in [0.25, 0.3) is 0 Å². The van der Waals surface area contributed by atoms with E-state index in [1.165, 1.54) is 24.3 Å². The number of ketones is 1. The fourth-order valence-corrected chi connectivity index (χ4v) is 2.62. The quantitative estimate of drug-likeness (QED) is 0.485. The number of hydrogen-bond donors (Lipinski definition) is 0. The second kappa shape index (κ2) is 6.20. The van der Waals surface area contributed by atoms with Crippen molar-refractivity contribution < 1.29 is 35.7 Å². The molecule has 0 fully saturated rings. The van der Waals surface area contributed by atoms with Gasteiger partial charge in [0.15, 0.2) is 5.01 Å². The number of carbonyl (C=O) groups is 1. The van der Waals surface area contributed by atoms with Gasteiger partial charge in [0.2, 0.25) is 11.6 Å². The highest BCUT2D eigenvalue weighted by Gasteiger charge is 2.38. The van der Waals surface area contributed by atoms with Crippen molar-refractivity contribution >= 4 is 17.1 Å². The molecule has 0 saturated carbocycles. The Hall–Kier alpha value is -2.76. The summed E-state index contributed by atoms with van der Waals surface area (Å²) >= 11 is 0.199. The van der Waals surface area contributed by atoms with Crippen molar-refractivity contribution in [3.05, 3.63) is 51.8 Å². The summed E-state index contributed by atoms with van der Waals surface area (Å²) < 4.78 is 79.0. The highest BCUT2D eigenvalue weighted by atomic mass is 32.1. The van der Waals surface area contributed by atoms with Crippen molar-refractivity contribution in [3.63, 3.8) is 0 Å². The molecule has 136 valence electrons. The standard InChI is InChI=1S/C14H5F6N3O2S/c15-13(16,17)11-22-10(23-25-11)7-3-1-6(2-4-7)9(24)8-5-21-12(26-8)14(18,19)20/h1-5H. The monoisotopic (exact) mass is 393 g/mol. The Morgan fingerprint density at radius 1 is 1.00 bits per heavy atom. The molecule has 0 saturated heterocycles. The van der Waals surface area contributed by atoms with Crippen LogP contribution in [0.15, 0.2) is 35.0 Å². The molecular formula is C14H5F6N3O2S. The van der Waals surface area contributed by atoms with Crippen LogP contribution in [0.2, 0.25) is 0 Å². The lowest BCUT2D eigenvalue weighted by Crippen LogP contribution is -2.04. The molecule has 0 N–H and O–H groups in total. The van der Waals surface area contributed by atoms with E-state index < -0.39 is 29.0 Å². The second-order valence-corrected chi connectivity index (χ2v) is 5.89. The number of benzene rings is 1. The molecule has 2 heterocycles. The van der Waals surface area contributed by atoms with E-state index in [1.807, 2.05) is 0 Å². The van der Waals surface area contributed by atoms with Gasteiger partial charge in [0.1, 0.15) is 0 Å². The third-order valence-electron chi connectivity index (χ3n) is 3.05. The van der Waals surface area contributed by atoms with E-state index in [1.54, 1.807) is 0 Å². The van der Waals surface area contributed by atoms with Crippen LogP contribution < -0.4 is 0 Å². The minimum Gasteiger partial charge on any atom is -0.329 e. The Balaban J connectivity index is 1.82. The van der Waals surface area contributed by atoms with E-state index in [-0.39, 0.29) is 33.2 Å². The first-order valence-electron chi connectivity index (χ1n) is 6.65. The summed E-state index contributed by atoms with van der Waals surface area (Å²) in [7, 11) is 0. The minimum absolute atomic E-state index is 0.0330. The van der Waals surface area contributed by atoms with Gasteiger partial charge in [-0.2, -0.15) is 31.3 Å². The van der Waals surface area contributed by atoms with Crippen LogP contribution in [-0.4, -0.2) is 20.9 Å². The van der Waals surface area contributed by atoms with Crippen molar-refractivity contribution in [1.29, 1.82) is 0 Å². The first kappa shape index (κ1) is 18.0. The van der Waals surface area contributed by atoms with Crippen LogP contribution in [0.5, 0.6) is 0 Å². The van der Waals surface area contributed by atoms with Gasteiger partial charge in [-0.15, -0.1) is 11.3 Å². The lowest BCUT2D eigenvalue weighted by atomic mass is 10.1. The molecule has 1 aromatic carbocycles. The number of thiazole rings is 1. The largest absolute Gasteiger partial charge is 0.471 e. The SMILES string of the molecule is O=C(c1ccc(-c2noc(C(F)(F)F)n2)cc1)c1cnc(C(F)(F)F)s1. The van der Waals surface area contributed by atoms with Crippen molar-refractivity contribution in [1.82, 2.24) is 15.1 Å². The maximum Gasteiger partial charge on any atom is 0.471 e. The van der Waals surface area contributed by atoms with Crippen LogP contribution in [0.25, 0.3) is 11.4 Å². The van der Waals surface area contributed by atoms with E-state index in [2.05, 4.69) is 19.6 Å². The van der Waals surface area contributed by atoms with Gasteiger partial charge in [-0.25, -0.2) is 4.98 Å². The highest BCUT2D eigenvalue weighted by molar-refractivity contribution is 7.13. The van der Waals surface area contributed by atoms with E-state index in [0.29, 0.717) is 0 Å². The van der Waals surface area contributed by atoms with Crippen LogP contribution in [0.1, 0.15) is 26.1 Å². The van der Waals surface area contributed by atoms with Crippen molar-refractivity contribution in [3.8, 4) is 11.4 Å². The molecule has 5 nitrogen and oxygen atoms in total. The topological polar surface area (TPSA) is 68.9 Å². The number of hydrogen-bond acceptors (Lipinski definition) is 6. The summed E-state index contributed by atoms with van der Waals surface area (Å²) in [6.45, 7) is 0. The normalized spacial score (nSPS) is 12.4. The van der Waals surface area contributed by atoms with Crippen LogP contribution in [-0.2, 0) is 12.4 Å². The average molecular weight is 393 g/mol. The molecule has 3 aromatic rings. The van der Waals surface area contributed by atoms with Gasteiger partial charge in [-0.3, -0.25) is 4.79 Å². The molecule has 0 aliphatic heterocycles. The maximum absolute atomic E-state index is 12.5. The van der Waals surface area contributed by atoms with Gasteiger partial charge in [-0.1, -0.05) is 29.4 Å². The Kier molecular flexibility index (Phi) is 4.30. The Labute approximate surface area is 144 Å². The van der Waals surface area contributed by atoms with Crippen molar-refractivity contribution in [2.45, 2.75) is 12.4 Å². The molecule has 0 spiro atoms. The number of alkyl halides is 6. The van der Waals surface area contributed by atoms with E-state index >= 15 is 0 Å². The predicted octanol–water partition coefficient (Wildman–Crippen LogP) is 4.46. The lowest BCUT2D eigenvalue weighted by Gasteiger charge is -2.00. The molecule has 0 unspecified atom stereocenters. The van der Waals surface area contributed by atoms with Gasteiger partial charge < -0.3 is 4.52 Å². The Morgan fingerprint density at radius 3 is 2.15 bits per heavy atom. The second-order valence-electron chi connectivity index (χ2n) is 4.85. The van der Waals surface area contributed by atoms with Crippen LogP contribution in [0.4, 0.5) is 26.3 Å². The molecule has 0 bridgehead atoms. The zero-order chi connectivity index (χ0) is 19.1. The third-order valence-corrected chi connectivity index (χ3v) is 4.09. The van der Waals surface area contributed by atoms with Gasteiger partial charge in [0.05, 0.1) is 4.88 Å². The molecule has 0 aliphatic rings. The maximum atomic E-state index is 12.5. The number of rotatable bonds is 3. The summed E-state index contributed by atoms with van der Waals surface area (Å²) in [6, 6.07) is 4.97. The molecule has 12 heteroatoms. The smallest absolute Gasteiger partial charge is 0.329 e. The van der Waals surface area contributed by atoms with Gasteiger partial charge in [-0.05, 0) is 0 Å². The van der Waals surface area contributed by atoms with Crippen LogP contribution in [0.3, 0.4) is 0 Å². The summed E-state index contributed by atoms with van der Waals surface area (Å²) in [4.78, 5) is 18.3. The van der Waals surface area contributed by atoms with Crippen LogP contribution in [0, 0.1) is 0 Å². The first-order valence-corrected chi connectivity index (χ1v) is 7.46. The summed E-state index contributed by atoms with van der Waals surface area (Å²) in [5.74, 6) is -2.56. The zero-order valence-electron chi connectivity index (χ0n) is 12.2. The molecule has 0 radical (unpaired) electrons. The van der Waals surface area contributed by atoms with Crippen LogP contribution >= 0.6 is 11.3 Å². The molecule has 0 amide bonds. The molecular weight excluding hydrogens is 388 g/mol. The van der Waals surface area contributed by atoms with E-state index in [9.17, 15) is 31.1 Å². The Bertz CT molecular complexity index is 943. The summed E-state index contributed by atoms with van der Waals surface area (Å²) in [6.07, 6.45) is -8.62. The molecule has 26 heavy (non-hydrogen) atoms. The van der Waals surface area contributed by atoms with Crippen molar-refractivity contribution in [2.24, 2.45) is 0 Å². The Morgan fingerprint density at radius 2 is 1.65 bits per heavy atom. The fraction of sp³-hybridized carbons (Fsp3) is 0.143. The summed E-state index contributed by atoms with van der Waals surface area (Å²) in [5, 5.41) is 2.04. The fourth-order valence-electron chi connectivity index (χ4n) is 1.88. The molecule has 2 aromatic heterocycles. The number of aromatic nitrogens is 3. The predicted molar refractivity (Wildman–Crippen MR) is 75.3 cm³/mol. The number of halogens is 6. The zero-order valence-corrected chi connectivity index (χ0v) is 13.0. The minimum atomic E-state index is -4.79. The first-order chi connectivity index (χ1) is 12.1. The summed E-state index contributed by atoms with van der Waals surface area (Å²) in [5.41, 5.74) is 0.173. The van der Waals surface area contributed by atoms with E-state index in [4.69, 9.17) is 0 Å². The average Bonchev–Trinajstić information content (AvgIpc) is 3.23. The molecule has 0 aliphatic carbocycles.